The van der Waals surface area contributed by atoms with E-state index >= 15 is 0 Å². The molecule has 0 fully saturated rings. The fourth-order valence-corrected chi connectivity index (χ4v) is 3.37. The Bertz CT molecular complexity index is 853. The molecule has 2 aromatic carbocycles. The van der Waals surface area contributed by atoms with Gasteiger partial charge in [0.25, 0.3) is 0 Å². The van der Waals surface area contributed by atoms with Crippen molar-refractivity contribution in [1.82, 2.24) is 5.32 Å². The Morgan fingerprint density at radius 2 is 1.86 bits per heavy atom. The maximum Gasteiger partial charge on any atom is 0.416 e. The molecule has 8 heteroatoms. The van der Waals surface area contributed by atoms with Crippen molar-refractivity contribution in [3.05, 3.63) is 71.8 Å². The first-order chi connectivity index (χ1) is 13.4. The zero-order valence-corrected chi connectivity index (χ0v) is 16.5. The van der Waals surface area contributed by atoms with Gasteiger partial charge in [-0.15, -0.1) is 12.4 Å². The van der Waals surface area contributed by atoms with Gasteiger partial charge < -0.3 is 16.0 Å². The number of nitrogens with one attached hydrogen (secondary N) is 1. The first-order valence-corrected chi connectivity index (χ1v) is 9.05. The lowest BCUT2D eigenvalue weighted by atomic mass is 9.91. The quantitative estimate of drug-likeness (QED) is 0.710. The second kappa shape index (κ2) is 9.80. The van der Waals surface area contributed by atoms with Crippen molar-refractivity contribution in [2.45, 2.75) is 12.6 Å². The van der Waals surface area contributed by atoms with Crippen LogP contribution in [0.5, 0.6) is 0 Å². The fraction of sp³-hybridized carbons (Fsp3) is 0.286. The maximum absolute atomic E-state index is 12.9. The molecule has 1 atom stereocenters. The summed E-state index contributed by atoms with van der Waals surface area (Å²) < 4.78 is 38.6. The fourth-order valence-electron chi connectivity index (χ4n) is 3.37. The molecule has 0 bridgehead atoms. The summed E-state index contributed by atoms with van der Waals surface area (Å²) in [5.41, 5.74) is 7.45. The highest BCUT2D eigenvalue weighted by molar-refractivity contribution is 5.87. The molecule has 1 aliphatic rings. The second-order valence-electron chi connectivity index (χ2n) is 6.74. The lowest BCUT2D eigenvalue weighted by Crippen LogP contribution is -2.39. The summed E-state index contributed by atoms with van der Waals surface area (Å²) in [4.78, 5) is 13.8. The van der Waals surface area contributed by atoms with Gasteiger partial charge in [0.2, 0.25) is 5.91 Å². The number of halogens is 4. The molecule has 1 amide bonds. The summed E-state index contributed by atoms with van der Waals surface area (Å²) in [5.74, 6) is -0.0715. The van der Waals surface area contributed by atoms with Crippen LogP contribution in [0.15, 0.2) is 60.7 Å². The molecular weight excluding hydrogens is 403 g/mol. The van der Waals surface area contributed by atoms with Gasteiger partial charge in [-0.25, -0.2) is 0 Å². The molecule has 2 aromatic rings. The van der Waals surface area contributed by atoms with Crippen molar-refractivity contribution in [1.29, 1.82) is 0 Å². The number of benzene rings is 2. The van der Waals surface area contributed by atoms with Gasteiger partial charge in [0.05, 0.1) is 5.56 Å². The molecule has 1 unspecified atom stereocenters. The topological polar surface area (TPSA) is 58.4 Å². The molecule has 1 aliphatic heterocycles. The minimum Gasteiger partial charge on any atom is -0.352 e. The van der Waals surface area contributed by atoms with Gasteiger partial charge in [0.1, 0.15) is 0 Å². The van der Waals surface area contributed by atoms with E-state index in [4.69, 9.17) is 5.73 Å². The summed E-state index contributed by atoms with van der Waals surface area (Å²) in [6.07, 6.45) is -0.583. The van der Waals surface area contributed by atoms with Gasteiger partial charge in [0.15, 0.2) is 0 Å². The Morgan fingerprint density at radius 3 is 2.52 bits per heavy atom. The highest BCUT2D eigenvalue weighted by Gasteiger charge is 2.31. The molecule has 29 heavy (non-hydrogen) atoms. The van der Waals surface area contributed by atoms with E-state index in [0.717, 1.165) is 29.8 Å². The number of para-hydroxylation sites is 1. The third-order valence-electron chi connectivity index (χ3n) is 4.71. The summed E-state index contributed by atoms with van der Waals surface area (Å²) in [6.45, 7) is 1.37. The molecule has 3 N–H and O–H groups in total. The van der Waals surface area contributed by atoms with Gasteiger partial charge in [-0.1, -0.05) is 24.3 Å². The molecular formula is C21H23ClF3N3O. The van der Waals surface area contributed by atoms with Crippen LogP contribution in [0.25, 0.3) is 0 Å². The highest BCUT2D eigenvalue weighted by atomic mass is 35.5. The SMILES string of the molecule is Cl.NC/C=C/C(=O)NCC1Cc2ccccc2N(c2ccc(C(F)(F)F)cc2)C1. The Kier molecular flexibility index (Phi) is 7.70. The van der Waals surface area contributed by atoms with Crippen molar-refractivity contribution < 1.29 is 18.0 Å². The van der Waals surface area contributed by atoms with E-state index in [1.165, 1.54) is 18.2 Å². The zero-order chi connectivity index (χ0) is 20.1. The van der Waals surface area contributed by atoms with Crippen LogP contribution in [0.1, 0.15) is 11.1 Å². The molecule has 3 rings (SSSR count). The van der Waals surface area contributed by atoms with E-state index in [1.54, 1.807) is 6.08 Å². The number of nitrogens with zero attached hydrogens (tertiary/aromatic N) is 1. The number of hydrogen-bond donors (Lipinski definition) is 2. The summed E-state index contributed by atoms with van der Waals surface area (Å²) in [7, 11) is 0. The number of carbonyl (C=O) groups is 1. The third kappa shape index (κ3) is 5.74. The van der Waals surface area contributed by atoms with E-state index in [1.807, 2.05) is 29.2 Å². The monoisotopic (exact) mass is 425 g/mol. The number of carbonyl (C=O) groups excluding carboxylic acids is 1. The van der Waals surface area contributed by atoms with E-state index in [2.05, 4.69) is 5.32 Å². The third-order valence-corrected chi connectivity index (χ3v) is 4.71. The molecule has 0 saturated carbocycles. The van der Waals surface area contributed by atoms with Crippen LogP contribution in [-0.4, -0.2) is 25.5 Å². The van der Waals surface area contributed by atoms with Crippen LogP contribution < -0.4 is 16.0 Å². The van der Waals surface area contributed by atoms with Gasteiger partial charge >= 0.3 is 6.18 Å². The lowest BCUT2D eigenvalue weighted by molar-refractivity contribution is -0.137. The second-order valence-corrected chi connectivity index (χ2v) is 6.74. The highest BCUT2D eigenvalue weighted by Crippen LogP contribution is 2.37. The Hall–Kier alpha value is -2.51. The number of alkyl halides is 3. The Labute approximate surface area is 174 Å². The Balaban J connectivity index is 0.00000300. The molecule has 4 nitrogen and oxygen atoms in total. The number of fused-ring (bicyclic) bond motifs is 1. The molecule has 0 aliphatic carbocycles. The Morgan fingerprint density at radius 1 is 1.17 bits per heavy atom. The van der Waals surface area contributed by atoms with Crippen LogP contribution in [0.2, 0.25) is 0 Å². The van der Waals surface area contributed by atoms with Crippen molar-refractivity contribution in [3.8, 4) is 0 Å². The van der Waals surface area contributed by atoms with Crippen molar-refractivity contribution >= 4 is 29.7 Å². The average molecular weight is 426 g/mol. The first-order valence-electron chi connectivity index (χ1n) is 9.05. The molecule has 156 valence electrons. The van der Waals surface area contributed by atoms with Gasteiger partial charge in [-0.2, -0.15) is 13.2 Å². The summed E-state index contributed by atoms with van der Waals surface area (Å²) in [5, 5.41) is 2.86. The maximum atomic E-state index is 12.9. The normalized spacial score (nSPS) is 16.3. The van der Waals surface area contributed by atoms with E-state index < -0.39 is 11.7 Å². The molecule has 1 heterocycles. The standard InChI is InChI=1S/C21H22F3N3O.ClH/c22-21(23,24)17-7-9-18(10-8-17)27-14-15(13-26-20(28)6-3-11-25)12-16-4-1-2-5-19(16)27;/h1-10,15H,11-14,25H2,(H,26,28);1H/b6-3+;. The number of amides is 1. The average Bonchev–Trinajstić information content (AvgIpc) is 2.69. The van der Waals surface area contributed by atoms with Gasteiger partial charge in [-0.05, 0) is 48.2 Å². The van der Waals surface area contributed by atoms with Crippen LogP contribution in [0.4, 0.5) is 24.5 Å². The lowest BCUT2D eigenvalue weighted by Gasteiger charge is -2.36. The summed E-state index contributed by atoms with van der Waals surface area (Å²) >= 11 is 0. The van der Waals surface area contributed by atoms with Crippen molar-refractivity contribution in [2.75, 3.05) is 24.5 Å². The number of hydrogen-bond acceptors (Lipinski definition) is 3. The van der Waals surface area contributed by atoms with Gasteiger partial charge in [0, 0.05) is 37.1 Å². The minimum absolute atomic E-state index is 0. The van der Waals surface area contributed by atoms with Crippen LogP contribution >= 0.6 is 12.4 Å². The zero-order valence-electron chi connectivity index (χ0n) is 15.7. The van der Waals surface area contributed by atoms with Crippen LogP contribution in [0, 0.1) is 5.92 Å². The molecule has 0 aromatic heterocycles. The van der Waals surface area contributed by atoms with Gasteiger partial charge in [-0.3, -0.25) is 4.79 Å². The van der Waals surface area contributed by atoms with Crippen molar-refractivity contribution in [2.24, 2.45) is 11.7 Å². The molecule has 0 spiro atoms. The molecule has 0 saturated heterocycles. The first kappa shape index (κ1) is 22.8. The van der Waals surface area contributed by atoms with E-state index in [-0.39, 0.29) is 24.2 Å². The number of anilines is 2. The van der Waals surface area contributed by atoms with Crippen molar-refractivity contribution in [3.63, 3.8) is 0 Å². The number of rotatable bonds is 5. The number of nitrogens with two attached hydrogens (primary N) is 1. The summed E-state index contributed by atoms with van der Waals surface area (Å²) in [6, 6.07) is 13.0. The largest absolute Gasteiger partial charge is 0.416 e. The van der Waals surface area contributed by atoms with E-state index in [0.29, 0.717) is 25.3 Å². The molecule has 0 radical (unpaired) electrons. The minimum atomic E-state index is -4.36. The smallest absolute Gasteiger partial charge is 0.352 e. The predicted octanol–water partition coefficient (Wildman–Crippen LogP) is 4.07. The predicted molar refractivity (Wildman–Crippen MR) is 111 cm³/mol. The van der Waals surface area contributed by atoms with E-state index in [9.17, 15) is 18.0 Å². The van der Waals surface area contributed by atoms with Crippen LogP contribution in [-0.2, 0) is 17.4 Å². The van der Waals surface area contributed by atoms with Crippen LogP contribution in [0.3, 0.4) is 0 Å².